The summed E-state index contributed by atoms with van der Waals surface area (Å²) in [4.78, 5) is 8.76. The lowest BCUT2D eigenvalue weighted by Crippen LogP contribution is -2.42. The minimum absolute atomic E-state index is 0.466. The summed E-state index contributed by atoms with van der Waals surface area (Å²) < 4.78 is 11.4. The van der Waals surface area contributed by atoms with E-state index in [-0.39, 0.29) is 0 Å². The molecule has 1 spiro atoms. The van der Waals surface area contributed by atoms with Crippen molar-refractivity contribution in [3.8, 4) is 11.3 Å². The molecule has 1 saturated carbocycles. The summed E-state index contributed by atoms with van der Waals surface area (Å²) in [6.07, 6.45) is 4.42. The predicted molar refractivity (Wildman–Crippen MR) is 82.3 cm³/mol. The molecule has 3 heterocycles. The van der Waals surface area contributed by atoms with Gasteiger partial charge < -0.3 is 14.6 Å². The molecule has 1 saturated heterocycles. The number of hydrogen-bond donors (Lipinski definition) is 1. The molecule has 4 rings (SSSR count). The second kappa shape index (κ2) is 5.38. The van der Waals surface area contributed by atoms with E-state index in [0.29, 0.717) is 38.9 Å². The summed E-state index contributed by atoms with van der Waals surface area (Å²) in [5.74, 6) is -0.466. The van der Waals surface area contributed by atoms with Gasteiger partial charge in [0.2, 0.25) is 0 Å². The molecule has 1 N–H and O–H groups in total. The highest BCUT2D eigenvalue weighted by Gasteiger charge is 2.46. The first-order valence-electron chi connectivity index (χ1n) is 7.55. The maximum atomic E-state index is 10.9. The molecule has 116 valence electrons. The van der Waals surface area contributed by atoms with Crippen LogP contribution in [-0.2, 0) is 15.1 Å². The molecule has 1 aliphatic heterocycles. The largest absolute Gasteiger partial charge is 0.384 e. The van der Waals surface area contributed by atoms with Gasteiger partial charge in [-0.3, -0.25) is 4.98 Å². The van der Waals surface area contributed by atoms with E-state index in [9.17, 15) is 5.11 Å². The Morgan fingerprint density at radius 2 is 1.82 bits per heavy atom. The number of hydrogen-bond acceptors (Lipinski definition) is 6. The highest BCUT2D eigenvalue weighted by molar-refractivity contribution is 7.07. The Hall–Kier alpha value is -1.34. The van der Waals surface area contributed by atoms with Crippen molar-refractivity contribution in [1.82, 2.24) is 9.97 Å². The molecule has 2 aliphatic rings. The van der Waals surface area contributed by atoms with Gasteiger partial charge in [0.25, 0.3) is 0 Å². The Kier molecular flexibility index (Phi) is 3.49. The highest BCUT2D eigenvalue weighted by atomic mass is 32.1. The van der Waals surface area contributed by atoms with Crippen LogP contribution in [0.5, 0.6) is 0 Å². The maximum Gasteiger partial charge on any atom is 0.168 e. The molecular weight excluding hydrogens is 300 g/mol. The summed E-state index contributed by atoms with van der Waals surface area (Å²) in [6, 6.07) is 3.88. The van der Waals surface area contributed by atoms with Gasteiger partial charge in [-0.15, -0.1) is 11.3 Å². The Morgan fingerprint density at radius 3 is 2.41 bits per heavy atom. The third kappa shape index (κ3) is 2.46. The number of ether oxygens (including phenoxy) is 2. The fourth-order valence-electron chi connectivity index (χ4n) is 3.26. The van der Waals surface area contributed by atoms with Gasteiger partial charge in [0, 0.05) is 30.0 Å². The Morgan fingerprint density at radius 1 is 1.05 bits per heavy atom. The van der Waals surface area contributed by atoms with E-state index in [1.54, 1.807) is 23.0 Å². The van der Waals surface area contributed by atoms with Crippen LogP contribution in [0.4, 0.5) is 0 Å². The molecule has 2 fully saturated rings. The van der Waals surface area contributed by atoms with E-state index in [1.807, 2.05) is 17.5 Å². The average Bonchev–Trinajstić information content (AvgIpc) is 3.23. The normalized spacial score (nSPS) is 23.0. The van der Waals surface area contributed by atoms with E-state index < -0.39 is 11.4 Å². The number of thiazole rings is 1. The number of aromatic nitrogens is 2. The third-order valence-electron chi connectivity index (χ3n) is 4.62. The minimum Gasteiger partial charge on any atom is -0.384 e. The third-order valence-corrected chi connectivity index (χ3v) is 5.21. The summed E-state index contributed by atoms with van der Waals surface area (Å²) >= 11 is 1.56. The smallest absolute Gasteiger partial charge is 0.168 e. The van der Waals surface area contributed by atoms with Gasteiger partial charge >= 0.3 is 0 Å². The standard InChI is InChI=1S/C16H18N2O3S/c19-15(3-5-16(6-4-15)20-7-8-21-16)14-2-1-12(9-17-14)13-10-22-11-18-13/h1-2,9-11,19H,3-8H2. The van der Waals surface area contributed by atoms with Gasteiger partial charge in [0.15, 0.2) is 5.79 Å². The van der Waals surface area contributed by atoms with E-state index in [0.717, 1.165) is 17.0 Å². The molecule has 2 aromatic rings. The van der Waals surface area contributed by atoms with Gasteiger partial charge in [0.1, 0.15) is 5.60 Å². The molecule has 6 heteroatoms. The second-order valence-corrected chi connectivity index (χ2v) is 6.66. The number of nitrogens with zero attached hydrogens (tertiary/aromatic N) is 2. The molecule has 0 atom stereocenters. The van der Waals surface area contributed by atoms with Crippen molar-refractivity contribution in [3.63, 3.8) is 0 Å². The first-order valence-corrected chi connectivity index (χ1v) is 8.49. The zero-order chi connectivity index (χ0) is 15.0. The van der Waals surface area contributed by atoms with Gasteiger partial charge in [-0.2, -0.15) is 0 Å². The highest BCUT2D eigenvalue weighted by Crippen LogP contribution is 2.44. The van der Waals surface area contributed by atoms with Crippen LogP contribution in [0.25, 0.3) is 11.3 Å². The molecule has 1 aliphatic carbocycles. The lowest BCUT2D eigenvalue weighted by molar-refractivity contribution is -0.204. The Labute approximate surface area is 132 Å². The van der Waals surface area contributed by atoms with Gasteiger partial charge in [-0.05, 0) is 25.0 Å². The monoisotopic (exact) mass is 318 g/mol. The van der Waals surface area contributed by atoms with Crippen LogP contribution in [0.1, 0.15) is 31.4 Å². The summed E-state index contributed by atoms with van der Waals surface area (Å²) in [6.45, 7) is 1.30. The topological polar surface area (TPSA) is 64.5 Å². The number of pyridine rings is 1. The zero-order valence-corrected chi connectivity index (χ0v) is 13.0. The van der Waals surface area contributed by atoms with Crippen molar-refractivity contribution in [2.75, 3.05) is 13.2 Å². The van der Waals surface area contributed by atoms with Crippen LogP contribution in [-0.4, -0.2) is 34.1 Å². The van der Waals surface area contributed by atoms with Gasteiger partial charge in [0.05, 0.1) is 30.1 Å². The van der Waals surface area contributed by atoms with Crippen LogP contribution < -0.4 is 0 Å². The van der Waals surface area contributed by atoms with E-state index in [2.05, 4.69) is 9.97 Å². The van der Waals surface area contributed by atoms with Crippen molar-refractivity contribution in [2.45, 2.75) is 37.1 Å². The van der Waals surface area contributed by atoms with Crippen LogP contribution >= 0.6 is 11.3 Å². The molecule has 0 amide bonds. The molecule has 0 unspecified atom stereocenters. The van der Waals surface area contributed by atoms with E-state index >= 15 is 0 Å². The lowest BCUT2D eigenvalue weighted by atomic mass is 9.79. The van der Waals surface area contributed by atoms with Crippen LogP contribution in [0.3, 0.4) is 0 Å². The van der Waals surface area contributed by atoms with Crippen LogP contribution in [0, 0.1) is 0 Å². The quantitative estimate of drug-likeness (QED) is 0.922. The SMILES string of the molecule is OC1(c2ccc(-c3cscn3)cn2)CCC2(CC1)OCCO2. The van der Waals surface area contributed by atoms with Crippen molar-refractivity contribution >= 4 is 11.3 Å². The fraction of sp³-hybridized carbons (Fsp3) is 0.500. The van der Waals surface area contributed by atoms with Crippen LogP contribution in [0.15, 0.2) is 29.2 Å². The molecule has 22 heavy (non-hydrogen) atoms. The summed E-state index contributed by atoms with van der Waals surface area (Å²) in [5.41, 5.74) is 3.54. The van der Waals surface area contributed by atoms with Crippen molar-refractivity contribution in [3.05, 3.63) is 34.9 Å². The molecular formula is C16H18N2O3S. The van der Waals surface area contributed by atoms with Crippen molar-refractivity contribution in [1.29, 1.82) is 0 Å². The van der Waals surface area contributed by atoms with Gasteiger partial charge in [-0.25, -0.2) is 4.98 Å². The lowest BCUT2D eigenvalue weighted by Gasteiger charge is -2.40. The van der Waals surface area contributed by atoms with E-state index in [4.69, 9.17) is 9.47 Å². The van der Waals surface area contributed by atoms with E-state index in [1.165, 1.54) is 0 Å². The number of aliphatic hydroxyl groups is 1. The minimum atomic E-state index is -0.888. The second-order valence-electron chi connectivity index (χ2n) is 5.94. The molecule has 0 aromatic carbocycles. The Balaban J connectivity index is 1.52. The molecule has 0 radical (unpaired) electrons. The molecule has 2 aromatic heterocycles. The van der Waals surface area contributed by atoms with Crippen molar-refractivity contribution < 1.29 is 14.6 Å². The Bertz CT molecular complexity index is 626. The maximum absolute atomic E-state index is 10.9. The predicted octanol–water partition coefficient (Wildman–Crippen LogP) is 2.71. The fourth-order valence-corrected chi connectivity index (χ4v) is 3.82. The number of rotatable bonds is 2. The first kappa shape index (κ1) is 14.3. The average molecular weight is 318 g/mol. The van der Waals surface area contributed by atoms with Crippen LogP contribution in [0.2, 0.25) is 0 Å². The zero-order valence-electron chi connectivity index (χ0n) is 12.2. The molecule has 5 nitrogen and oxygen atoms in total. The summed E-state index contributed by atoms with van der Waals surface area (Å²) in [5, 5.41) is 12.9. The van der Waals surface area contributed by atoms with Crippen molar-refractivity contribution in [2.24, 2.45) is 0 Å². The van der Waals surface area contributed by atoms with Gasteiger partial charge in [-0.1, -0.05) is 0 Å². The molecule has 0 bridgehead atoms. The first-order chi connectivity index (χ1) is 10.7. The summed E-state index contributed by atoms with van der Waals surface area (Å²) in [7, 11) is 0.